The van der Waals surface area contributed by atoms with Crippen LogP contribution in [0.15, 0.2) is 78.9 Å². The molecule has 1 heterocycles. The minimum Gasteiger partial charge on any atom is -0.497 e. The van der Waals surface area contributed by atoms with Gasteiger partial charge in [0.15, 0.2) is 0 Å². The first-order valence-corrected chi connectivity index (χ1v) is 13.0. The van der Waals surface area contributed by atoms with E-state index in [4.69, 9.17) is 9.47 Å². The zero-order chi connectivity index (χ0) is 25.4. The number of methoxy groups -OCH3 is 1. The number of ether oxygens (including phenoxy) is 2. The van der Waals surface area contributed by atoms with Crippen LogP contribution in [0, 0.1) is 0 Å². The van der Waals surface area contributed by atoms with E-state index in [2.05, 4.69) is 46.2 Å². The van der Waals surface area contributed by atoms with Gasteiger partial charge in [-0.2, -0.15) is 0 Å². The quantitative estimate of drug-likeness (QED) is 0.340. The lowest BCUT2D eigenvalue weighted by atomic mass is 9.78. The second-order valence-corrected chi connectivity index (χ2v) is 9.63. The van der Waals surface area contributed by atoms with Crippen LogP contribution in [0.4, 0.5) is 5.69 Å². The molecule has 1 aliphatic rings. The maximum Gasteiger partial charge on any atom is 0.316 e. The molecule has 1 fully saturated rings. The van der Waals surface area contributed by atoms with Crippen molar-refractivity contribution in [2.24, 2.45) is 0 Å². The average molecular weight is 487 g/mol. The van der Waals surface area contributed by atoms with Crippen molar-refractivity contribution in [3.8, 4) is 16.9 Å². The molecule has 1 atom stereocenters. The standard InChI is InChI=1S/C31H38N2O3/c1-4-36-30(34)31(2,27-11-6-5-7-12-27)18-9-19-32-20-22-33(23-21-32)28-13-8-10-26(24-28)25-14-16-29(35-3)17-15-25/h5-8,10-17,24H,4,9,18-23H2,1-3H3. The molecule has 3 aromatic rings. The van der Waals surface area contributed by atoms with Crippen molar-refractivity contribution >= 4 is 11.7 Å². The summed E-state index contributed by atoms with van der Waals surface area (Å²) in [6.45, 7) is 9.33. The summed E-state index contributed by atoms with van der Waals surface area (Å²) in [5.41, 5.74) is 4.10. The van der Waals surface area contributed by atoms with Gasteiger partial charge in [0.1, 0.15) is 5.75 Å². The van der Waals surface area contributed by atoms with E-state index in [1.165, 1.54) is 16.8 Å². The van der Waals surface area contributed by atoms with Gasteiger partial charge >= 0.3 is 5.97 Å². The summed E-state index contributed by atoms with van der Waals surface area (Å²) in [4.78, 5) is 17.8. The molecule has 0 bridgehead atoms. The molecule has 0 aromatic heterocycles. The van der Waals surface area contributed by atoms with E-state index in [0.717, 1.165) is 56.9 Å². The minimum atomic E-state index is -0.610. The second kappa shape index (κ2) is 12.1. The summed E-state index contributed by atoms with van der Waals surface area (Å²) in [6, 6.07) is 27.1. The van der Waals surface area contributed by atoms with Crippen molar-refractivity contribution in [1.82, 2.24) is 4.90 Å². The van der Waals surface area contributed by atoms with Gasteiger partial charge in [-0.15, -0.1) is 0 Å². The van der Waals surface area contributed by atoms with Crippen molar-refractivity contribution in [2.45, 2.75) is 32.1 Å². The molecule has 3 aromatic carbocycles. The highest BCUT2D eigenvalue weighted by molar-refractivity contribution is 5.82. The van der Waals surface area contributed by atoms with Crippen LogP contribution < -0.4 is 9.64 Å². The Labute approximate surface area is 215 Å². The molecule has 0 aliphatic carbocycles. The molecular formula is C31H38N2O3. The van der Waals surface area contributed by atoms with Gasteiger partial charge in [-0.05, 0) is 74.2 Å². The van der Waals surface area contributed by atoms with E-state index in [1.54, 1.807) is 7.11 Å². The highest BCUT2D eigenvalue weighted by atomic mass is 16.5. The van der Waals surface area contributed by atoms with E-state index in [9.17, 15) is 4.79 Å². The molecule has 0 radical (unpaired) electrons. The van der Waals surface area contributed by atoms with E-state index in [1.807, 2.05) is 56.3 Å². The van der Waals surface area contributed by atoms with E-state index in [-0.39, 0.29) is 5.97 Å². The molecule has 36 heavy (non-hydrogen) atoms. The van der Waals surface area contributed by atoms with Crippen molar-refractivity contribution in [3.05, 3.63) is 84.4 Å². The monoisotopic (exact) mass is 486 g/mol. The molecule has 4 rings (SSSR count). The fourth-order valence-corrected chi connectivity index (χ4v) is 5.01. The maximum absolute atomic E-state index is 12.9. The third-order valence-electron chi connectivity index (χ3n) is 7.29. The Morgan fingerprint density at radius 2 is 1.61 bits per heavy atom. The van der Waals surface area contributed by atoms with E-state index >= 15 is 0 Å². The normalized spacial score (nSPS) is 15.8. The highest BCUT2D eigenvalue weighted by Gasteiger charge is 2.36. The summed E-state index contributed by atoms with van der Waals surface area (Å²) in [5.74, 6) is 0.745. The maximum atomic E-state index is 12.9. The Morgan fingerprint density at radius 3 is 2.28 bits per heavy atom. The predicted molar refractivity (Wildman–Crippen MR) is 147 cm³/mol. The Hall–Kier alpha value is -3.31. The average Bonchev–Trinajstić information content (AvgIpc) is 2.94. The van der Waals surface area contributed by atoms with Crippen LogP contribution in [0.3, 0.4) is 0 Å². The molecule has 0 spiro atoms. The topological polar surface area (TPSA) is 42.0 Å². The fourth-order valence-electron chi connectivity index (χ4n) is 5.01. The van der Waals surface area contributed by atoms with Gasteiger partial charge in [-0.1, -0.05) is 54.6 Å². The van der Waals surface area contributed by atoms with Crippen LogP contribution in [0.2, 0.25) is 0 Å². The molecule has 1 unspecified atom stereocenters. The van der Waals surface area contributed by atoms with Crippen molar-refractivity contribution < 1.29 is 14.3 Å². The number of carbonyl (C=O) groups is 1. The number of anilines is 1. The first-order chi connectivity index (χ1) is 17.5. The van der Waals surface area contributed by atoms with Crippen LogP contribution in [0.1, 0.15) is 32.3 Å². The second-order valence-electron chi connectivity index (χ2n) is 9.63. The molecule has 5 heteroatoms. The van der Waals surface area contributed by atoms with Gasteiger partial charge in [0.05, 0.1) is 19.1 Å². The van der Waals surface area contributed by atoms with Crippen LogP contribution in [0.25, 0.3) is 11.1 Å². The van der Waals surface area contributed by atoms with E-state index in [0.29, 0.717) is 6.61 Å². The minimum absolute atomic E-state index is 0.127. The molecule has 190 valence electrons. The molecule has 0 N–H and O–H groups in total. The summed E-state index contributed by atoms with van der Waals surface area (Å²) >= 11 is 0. The van der Waals surface area contributed by atoms with Crippen LogP contribution in [0.5, 0.6) is 5.75 Å². The van der Waals surface area contributed by atoms with Gasteiger partial charge in [0.25, 0.3) is 0 Å². The van der Waals surface area contributed by atoms with Crippen molar-refractivity contribution in [3.63, 3.8) is 0 Å². The smallest absolute Gasteiger partial charge is 0.316 e. The molecule has 0 saturated carbocycles. The number of carbonyl (C=O) groups excluding carboxylic acids is 1. The largest absolute Gasteiger partial charge is 0.497 e. The fraction of sp³-hybridized carbons (Fsp3) is 0.387. The number of hydrogen-bond donors (Lipinski definition) is 0. The first kappa shape index (κ1) is 25.8. The Morgan fingerprint density at radius 1 is 0.889 bits per heavy atom. The Kier molecular flexibility index (Phi) is 8.65. The van der Waals surface area contributed by atoms with Gasteiger partial charge < -0.3 is 14.4 Å². The SMILES string of the molecule is CCOC(=O)C(C)(CCCN1CCN(c2cccc(-c3ccc(OC)cc3)c2)CC1)c1ccccc1. The van der Waals surface area contributed by atoms with E-state index < -0.39 is 5.41 Å². The lowest BCUT2D eigenvalue weighted by Crippen LogP contribution is -2.47. The van der Waals surface area contributed by atoms with Gasteiger partial charge in [-0.3, -0.25) is 9.69 Å². The van der Waals surface area contributed by atoms with Gasteiger partial charge in [0, 0.05) is 31.9 Å². The predicted octanol–water partition coefficient (Wildman–Crippen LogP) is 5.79. The number of hydrogen-bond acceptors (Lipinski definition) is 5. The number of piperazine rings is 1. The third kappa shape index (κ3) is 6.08. The van der Waals surface area contributed by atoms with Gasteiger partial charge in [0.2, 0.25) is 0 Å². The molecule has 5 nitrogen and oxygen atoms in total. The lowest BCUT2D eigenvalue weighted by Gasteiger charge is -2.37. The molecule has 1 aliphatic heterocycles. The highest BCUT2D eigenvalue weighted by Crippen LogP contribution is 2.31. The summed E-state index contributed by atoms with van der Waals surface area (Å²) in [6.07, 6.45) is 1.73. The zero-order valence-corrected chi connectivity index (χ0v) is 21.8. The summed E-state index contributed by atoms with van der Waals surface area (Å²) < 4.78 is 10.7. The molecule has 0 amide bonds. The van der Waals surface area contributed by atoms with Crippen LogP contribution >= 0.6 is 0 Å². The first-order valence-electron chi connectivity index (χ1n) is 13.0. The molecular weight excluding hydrogens is 448 g/mol. The summed E-state index contributed by atoms with van der Waals surface area (Å²) in [7, 11) is 1.69. The van der Waals surface area contributed by atoms with Crippen molar-refractivity contribution in [2.75, 3.05) is 51.3 Å². The third-order valence-corrected chi connectivity index (χ3v) is 7.29. The number of benzene rings is 3. The Bertz CT molecular complexity index is 1110. The van der Waals surface area contributed by atoms with Gasteiger partial charge in [-0.25, -0.2) is 0 Å². The lowest BCUT2D eigenvalue weighted by molar-refractivity contribution is -0.149. The van der Waals surface area contributed by atoms with Crippen LogP contribution in [-0.4, -0.2) is 57.3 Å². The number of esters is 1. The Balaban J connectivity index is 1.32. The summed E-state index contributed by atoms with van der Waals surface area (Å²) in [5, 5.41) is 0. The number of rotatable bonds is 10. The van der Waals surface area contributed by atoms with Crippen molar-refractivity contribution in [1.29, 1.82) is 0 Å². The zero-order valence-electron chi connectivity index (χ0n) is 21.8. The van der Waals surface area contributed by atoms with Crippen LogP contribution in [-0.2, 0) is 14.9 Å². The number of nitrogens with zero attached hydrogens (tertiary/aromatic N) is 2. The molecule has 1 saturated heterocycles.